The number of rotatable bonds is 5. The third-order valence-electron chi connectivity index (χ3n) is 6.15. The normalized spacial score (nSPS) is 15.4. The summed E-state index contributed by atoms with van der Waals surface area (Å²) in [6, 6.07) is 20.6. The summed E-state index contributed by atoms with van der Waals surface area (Å²) in [6.45, 7) is 2.77. The van der Waals surface area contributed by atoms with E-state index >= 15 is 0 Å². The summed E-state index contributed by atoms with van der Waals surface area (Å²) in [4.78, 5) is 20.2. The number of amides is 1. The number of para-hydroxylation sites is 1. The van der Waals surface area contributed by atoms with Crippen molar-refractivity contribution < 1.29 is 14.3 Å². The first-order valence-corrected chi connectivity index (χ1v) is 12.3. The molecule has 0 atom stereocenters. The van der Waals surface area contributed by atoms with E-state index in [1.54, 1.807) is 11.0 Å². The first-order chi connectivity index (χ1) is 16.4. The molecule has 0 spiro atoms. The summed E-state index contributed by atoms with van der Waals surface area (Å²) in [7, 11) is 0. The van der Waals surface area contributed by atoms with Crippen LogP contribution < -0.4 is 4.72 Å². The molecule has 6 nitrogen and oxygen atoms in total. The van der Waals surface area contributed by atoms with Gasteiger partial charge in [0.1, 0.15) is 5.52 Å². The molecule has 34 heavy (non-hydrogen) atoms. The maximum absolute atomic E-state index is 13.0. The van der Waals surface area contributed by atoms with E-state index in [4.69, 9.17) is 16.0 Å². The number of anilines is 1. The van der Waals surface area contributed by atoms with Gasteiger partial charge in [0.05, 0.1) is 10.5 Å². The van der Waals surface area contributed by atoms with Crippen LogP contribution in [0.4, 0.5) is 5.69 Å². The molecule has 1 aromatic heterocycles. The number of oxazole rings is 1. The monoisotopic (exact) mass is 493 g/mol. The van der Waals surface area contributed by atoms with Crippen molar-refractivity contribution in [3.63, 3.8) is 0 Å². The molecule has 4 aromatic rings. The predicted molar refractivity (Wildman–Crippen MR) is 135 cm³/mol. The number of aryl methyl sites for hydroxylation is 1. The highest BCUT2D eigenvalue weighted by molar-refractivity contribution is 8.00. The standard InChI is InChI=1S/C26H24ClN3O3S/c1-17-28-24-22(33-17)7-4-8-23(24)34-29-19-11-9-18(10-12-19)25(31)30-15-13-26(32,14-16-30)20-5-2-3-6-21(20)27/h2-12,29,32H,13-16H2,1H3. The van der Waals surface area contributed by atoms with Gasteiger partial charge in [-0.25, -0.2) is 4.98 Å². The zero-order valence-electron chi connectivity index (χ0n) is 18.6. The Kier molecular flexibility index (Phi) is 6.25. The molecule has 1 aliphatic heterocycles. The summed E-state index contributed by atoms with van der Waals surface area (Å²) in [5, 5.41) is 11.7. The summed E-state index contributed by atoms with van der Waals surface area (Å²) >= 11 is 7.75. The molecule has 1 saturated heterocycles. The van der Waals surface area contributed by atoms with E-state index in [0.717, 1.165) is 27.2 Å². The molecule has 0 unspecified atom stereocenters. The van der Waals surface area contributed by atoms with Crippen molar-refractivity contribution in [3.8, 4) is 0 Å². The van der Waals surface area contributed by atoms with Gasteiger partial charge in [0.2, 0.25) is 0 Å². The Hall–Kier alpha value is -3.00. The number of benzene rings is 3. The van der Waals surface area contributed by atoms with Crippen LogP contribution in [0.25, 0.3) is 11.1 Å². The number of halogens is 1. The molecule has 8 heteroatoms. The number of nitrogens with one attached hydrogen (secondary N) is 1. The maximum Gasteiger partial charge on any atom is 0.253 e. The van der Waals surface area contributed by atoms with E-state index in [1.807, 2.05) is 67.6 Å². The highest BCUT2D eigenvalue weighted by Crippen LogP contribution is 2.37. The topological polar surface area (TPSA) is 78.6 Å². The lowest BCUT2D eigenvalue weighted by atomic mass is 9.84. The Morgan fingerprint density at radius 1 is 1.09 bits per heavy atom. The predicted octanol–water partition coefficient (Wildman–Crippen LogP) is 6.03. The quantitative estimate of drug-likeness (QED) is 0.330. The van der Waals surface area contributed by atoms with E-state index in [9.17, 15) is 9.90 Å². The number of hydrogen-bond acceptors (Lipinski definition) is 6. The fourth-order valence-electron chi connectivity index (χ4n) is 4.28. The van der Waals surface area contributed by atoms with Crippen molar-refractivity contribution in [1.29, 1.82) is 0 Å². The molecule has 0 aliphatic carbocycles. The number of likely N-dealkylation sites (tertiary alicyclic amines) is 1. The minimum absolute atomic E-state index is 0.0387. The van der Waals surface area contributed by atoms with Crippen LogP contribution in [0.5, 0.6) is 0 Å². The molecular weight excluding hydrogens is 470 g/mol. The molecule has 0 radical (unpaired) electrons. The molecule has 1 amide bonds. The second-order valence-corrected chi connectivity index (χ2v) is 9.68. The zero-order chi connectivity index (χ0) is 23.7. The Labute approximate surface area is 207 Å². The average Bonchev–Trinajstić information content (AvgIpc) is 3.24. The van der Waals surface area contributed by atoms with Gasteiger partial charge in [-0.3, -0.25) is 4.79 Å². The molecule has 1 aliphatic rings. The fourth-order valence-corrected chi connectivity index (χ4v) is 5.35. The highest BCUT2D eigenvalue weighted by atomic mass is 35.5. The van der Waals surface area contributed by atoms with E-state index in [2.05, 4.69) is 9.71 Å². The van der Waals surface area contributed by atoms with Gasteiger partial charge in [0.25, 0.3) is 5.91 Å². The molecular formula is C26H24ClN3O3S. The SMILES string of the molecule is Cc1nc2c(SNc3ccc(C(=O)N4CCC(O)(c5ccccc5Cl)CC4)cc3)cccc2o1. The Balaban J connectivity index is 1.21. The van der Waals surface area contributed by atoms with Gasteiger partial charge in [0, 0.05) is 41.9 Å². The summed E-state index contributed by atoms with van der Waals surface area (Å²) < 4.78 is 8.89. The number of carbonyl (C=O) groups is 1. The van der Waals surface area contributed by atoms with E-state index in [1.165, 1.54) is 11.9 Å². The lowest BCUT2D eigenvalue weighted by molar-refractivity contribution is -0.0210. The third-order valence-corrected chi connectivity index (χ3v) is 7.37. The van der Waals surface area contributed by atoms with Gasteiger partial charge >= 0.3 is 0 Å². The van der Waals surface area contributed by atoms with Crippen LogP contribution in [-0.2, 0) is 5.60 Å². The van der Waals surface area contributed by atoms with Crippen molar-refractivity contribution in [2.24, 2.45) is 0 Å². The van der Waals surface area contributed by atoms with E-state index in [0.29, 0.717) is 42.4 Å². The van der Waals surface area contributed by atoms with Gasteiger partial charge in [-0.1, -0.05) is 35.9 Å². The third kappa shape index (κ3) is 4.51. The second kappa shape index (κ2) is 9.33. The molecule has 0 saturated carbocycles. The number of nitrogens with zero attached hydrogens (tertiary/aromatic N) is 2. The molecule has 1 fully saturated rings. The Morgan fingerprint density at radius 2 is 1.82 bits per heavy atom. The molecule has 5 rings (SSSR count). The first-order valence-electron chi connectivity index (χ1n) is 11.1. The maximum atomic E-state index is 13.0. The second-order valence-electron chi connectivity index (χ2n) is 8.42. The minimum Gasteiger partial charge on any atom is -0.441 e. The summed E-state index contributed by atoms with van der Waals surface area (Å²) in [5.41, 5.74) is 2.80. The van der Waals surface area contributed by atoms with Gasteiger partial charge in [-0.15, -0.1) is 0 Å². The Morgan fingerprint density at radius 3 is 2.56 bits per heavy atom. The van der Waals surface area contributed by atoms with Crippen LogP contribution in [0.1, 0.15) is 34.7 Å². The van der Waals surface area contributed by atoms with Crippen molar-refractivity contribution in [2.75, 3.05) is 17.8 Å². The number of fused-ring (bicyclic) bond motifs is 1. The average molecular weight is 494 g/mol. The van der Waals surface area contributed by atoms with Crippen LogP contribution in [0.3, 0.4) is 0 Å². The van der Waals surface area contributed by atoms with Gasteiger partial charge in [0.15, 0.2) is 11.5 Å². The number of hydrogen-bond donors (Lipinski definition) is 2. The molecule has 3 aromatic carbocycles. The van der Waals surface area contributed by atoms with E-state index in [-0.39, 0.29) is 5.91 Å². The lowest BCUT2D eigenvalue weighted by Crippen LogP contribution is -2.45. The minimum atomic E-state index is -1.01. The van der Waals surface area contributed by atoms with Gasteiger partial charge in [-0.05, 0) is 67.3 Å². The number of aromatic nitrogens is 1. The van der Waals surface area contributed by atoms with E-state index < -0.39 is 5.60 Å². The molecule has 2 heterocycles. The smallest absolute Gasteiger partial charge is 0.253 e. The van der Waals surface area contributed by atoms with Crippen molar-refractivity contribution in [1.82, 2.24) is 9.88 Å². The Bertz CT molecular complexity index is 1330. The number of aliphatic hydroxyl groups is 1. The first kappa shape index (κ1) is 22.8. The summed E-state index contributed by atoms with van der Waals surface area (Å²) in [6.07, 6.45) is 0.900. The van der Waals surface area contributed by atoms with Gasteiger partial charge in [-0.2, -0.15) is 0 Å². The fraction of sp³-hybridized carbons (Fsp3) is 0.231. The van der Waals surface area contributed by atoms with Crippen LogP contribution in [0, 0.1) is 6.92 Å². The largest absolute Gasteiger partial charge is 0.441 e. The number of piperidine rings is 1. The van der Waals surface area contributed by atoms with Gasteiger partial charge < -0.3 is 19.1 Å². The van der Waals surface area contributed by atoms with Crippen LogP contribution >= 0.6 is 23.5 Å². The molecule has 2 N–H and O–H groups in total. The highest BCUT2D eigenvalue weighted by Gasteiger charge is 2.36. The lowest BCUT2D eigenvalue weighted by Gasteiger charge is -2.39. The molecule has 174 valence electrons. The van der Waals surface area contributed by atoms with Crippen molar-refractivity contribution in [3.05, 3.63) is 88.8 Å². The van der Waals surface area contributed by atoms with Crippen LogP contribution in [0.2, 0.25) is 5.02 Å². The van der Waals surface area contributed by atoms with Crippen LogP contribution in [-0.4, -0.2) is 34.0 Å². The molecule has 0 bridgehead atoms. The van der Waals surface area contributed by atoms with Crippen molar-refractivity contribution >= 4 is 46.2 Å². The zero-order valence-corrected chi connectivity index (χ0v) is 20.2. The van der Waals surface area contributed by atoms with Crippen molar-refractivity contribution in [2.45, 2.75) is 30.3 Å². The number of carbonyl (C=O) groups excluding carboxylic acids is 1. The van der Waals surface area contributed by atoms with Crippen LogP contribution in [0.15, 0.2) is 76.0 Å². The summed E-state index contributed by atoms with van der Waals surface area (Å²) in [5.74, 6) is 0.595.